The maximum absolute atomic E-state index is 13.1. The molecule has 2 N–H and O–H groups in total. The van der Waals surface area contributed by atoms with Gasteiger partial charge in [-0.3, -0.25) is 4.98 Å². The Bertz CT molecular complexity index is 1640. The molecule has 1 aliphatic carbocycles. The van der Waals surface area contributed by atoms with Crippen LogP contribution in [0.2, 0.25) is 0 Å². The van der Waals surface area contributed by atoms with E-state index in [-0.39, 0.29) is 17.9 Å². The summed E-state index contributed by atoms with van der Waals surface area (Å²) in [6, 6.07) is 12.8. The zero-order valence-corrected chi connectivity index (χ0v) is 18.8. The van der Waals surface area contributed by atoms with Gasteiger partial charge in [-0.2, -0.15) is 13.2 Å². The van der Waals surface area contributed by atoms with Crippen LogP contribution in [0.5, 0.6) is 17.2 Å². The minimum absolute atomic E-state index is 0.0517. The lowest BCUT2D eigenvalue weighted by atomic mass is 10.1. The molecule has 10 heteroatoms. The van der Waals surface area contributed by atoms with Crippen molar-refractivity contribution in [3.8, 4) is 28.8 Å². The standard InChI is InChI=1S/C26H18F3N5O2/c1-12-11-31-24(32-12)19-10-15(6-7-30-19)35-14-3-5-20-16(9-14)21-22(23(21)36-20)25-33-17-4-2-13(26(27,28)29)8-18(17)34-25/h2-11,21-23H,1H3,(H,31,32)(H,33,34). The number of rotatable bonds is 4. The number of aryl methyl sites for hydroxylation is 1. The number of hydrogen-bond acceptors (Lipinski definition) is 5. The van der Waals surface area contributed by atoms with Gasteiger partial charge in [-0.05, 0) is 49.4 Å². The van der Waals surface area contributed by atoms with Crippen LogP contribution in [0.15, 0.2) is 60.9 Å². The monoisotopic (exact) mass is 489 g/mol. The summed E-state index contributed by atoms with van der Waals surface area (Å²) in [4.78, 5) is 19.4. The van der Waals surface area contributed by atoms with Crippen molar-refractivity contribution in [3.05, 3.63) is 83.6 Å². The van der Waals surface area contributed by atoms with Crippen molar-refractivity contribution in [2.24, 2.45) is 0 Å². The summed E-state index contributed by atoms with van der Waals surface area (Å²) in [5.74, 6) is 3.35. The van der Waals surface area contributed by atoms with Gasteiger partial charge >= 0.3 is 6.18 Å². The first kappa shape index (κ1) is 21.0. The molecule has 0 saturated heterocycles. The molecule has 1 saturated carbocycles. The van der Waals surface area contributed by atoms with E-state index in [4.69, 9.17) is 9.47 Å². The SMILES string of the molecule is Cc1cnc(-c2cc(Oc3ccc4c(c3)C3C(O4)C3c3nc4ccc(C(F)(F)F)cc4[nH]3)ccn2)[nH]1. The van der Waals surface area contributed by atoms with Gasteiger partial charge in [0.2, 0.25) is 0 Å². The second-order valence-corrected chi connectivity index (χ2v) is 9.08. The molecule has 0 bridgehead atoms. The third-order valence-corrected chi connectivity index (χ3v) is 6.61. The van der Waals surface area contributed by atoms with Gasteiger partial charge in [0.15, 0.2) is 5.82 Å². The van der Waals surface area contributed by atoms with E-state index in [0.29, 0.717) is 39.9 Å². The Hall–Kier alpha value is -4.34. The average molecular weight is 489 g/mol. The van der Waals surface area contributed by atoms with Gasteiger partial charge in [-0.1, -0.05) is 0 Å². The summed E-state index contributed by atoms with van der Waals surface area (Å²) in [7, 11) is 0. The summed E-state index contributed by atoms with van der Waals surface area (Å²) in [6.07, 6.45) is -1.10. The normalized spacial score (nSPS) is 20.2. The summed E-state index contributed by atoms with van der Waals surface area (Å²) >= 11 is 0. The molecular weight excluding hydrogens is 471 g/mol. The first-order chi connectivity index (χ1) is 17.3. The molecule has 0 amide bonds. The summed E-state index contributed by atoms with van der Waals surface area (Å²) in [6.45, 7) is 1.92. The first-order valence-electron chi connectivity index (χ1n) is 11.4. The highest BCUT2D eigenvalue weighted by Gasteiger charge is 2.61. The fourth-order valence-corrected chi connectivity index (χ4v) is 4.88. The van der Waals surface area contributed by atoms with Crippen LogP contribution in [0.25, 0.3) is 22.6 Å². The number of benzene rings is 2. The number of fused-ring (bicyclic) bond motifs is 4. The lowest BCUT2D eigenvalue weighted by Gasteiger charge is -2.11. The second-order valence-electron chi connectivity index (χ2n) is 9.08. The molecule has 2 aromatic carbocycles. The van der Waals surface area contributed by atoms with Crippen molar-refractivity contribution in [2.75, 3.05) is 0 Å². The number of pyridine rings is 1. The first-order valence-corrected chi connectivity index (χ1v) is 11.4. The zero-order chi connectivity index (χ0) is 24.6. The number of halogens is 3. The molecule has 4 heterocycles. The Morgan fingerprint density at radius 1 is 0.944 bits per heavy atom. The van der Waals surface area contributed by atoms with Crippen LogP contribution < -0.4 is 9.47 Å². The number of imidazole rings is 2. The van der Waals surface area contributed by atoms with Crippen LogP contribution in [-0.4, -0.2) is 31.0 Å². The zero-order valence-electron chi connectivity index (χ0n) is 18.8. The van der Waals surface area contributed by atoms with Crippen molar-refractivity contribution in [1.29, 1.82) is 0 Å². The molecule has 180 valence electrons. The smallest absolute Gasteiger partial charge is 0.416 e. The highest BCUT2D eigenvalue weighted by atomic mass is 19.4. The summed E-state index contributed by atoms with van der Waals surface area (Å²) in [5, 5.41) is 0. The maximum atomic E-state index is 13.1. The number of H-pyrrole nitrogens is 2. The predicted molar refractivity (Wildman–Crippen MR) is 124 cm³/mol. The molecule has 1 fully saturated rings. The molecule has 5 aromatic rings. The average Bonchev–Trinajstić information content (AvgIpc) is 3.18. The van der Waals surface area contributed by atoms with Crippen molar-refractivity contribution < 1.29 is 22.6 Å². The van der Waals surface area contributed by atoms with E-state index in [1.807, 2.05) is 31.2 Å². The minimum atomic E-state index is -4.40. The van der Waals surface area contributed by atoms with Crippen molar-refractivity contribution in [1.82, 2.24) is 24.9 Å². The Kier molecular flexibility index (Phi) is 4.27. The van der Waals surface area contributed by atoms with E-state index in [0.717, 1.165) is 29.1 Å². The fourth-order valence-electron chi connectivity index (χ4n) is 4.88. The van der Waals surface area contributed by atoms with E-state index in [2.05, 4.69) is 24.9 Å². The van der Waals surface area contributed by atoms with E-state index in [9.17, 15) is 13.2 Å². The van der Waals surface area contributed by atoms with Crippen LogP contribution in [0, 0.1) is 6.92 Å². The Morgan fingerprint density at radius 2 is 1.81 bits per heavy atom. The maximum Gasteiger partial charge on any atom is 0.416 e. The van der Waals surface area contributed by atoms with E-state index in [1.54, 1.807) is 18.5 Å². The van der Waals surface area contributed by atoms with E-state index < -0.39 is 11.7 Å². The largest absolute Gasteiger partial charge is 0.489 e. The summed E-state index contributed by atoms with van der Waals surface area (Å²) < 4.78 is 51.4. The summed E-state index contributed by atoms with van der Waals surface area (Å²) in [5.41, 5.74) is 2.77. The second kappa shape index (κ2) is 7.33. The molecule has 2 aliphatic rings. The molecular formula is C26H18F3N5O2. The highest BCUT2D eigenvalue weighted by Crippen LogP contribution is 2.63. The number of alkyl halides is 3. The van der Waals surface area contributed by atoms with Gasteiger partial charge in [0.1, 0.15) is 34.9 Å². The number of nitrogens with one attached hydrogen (secondary N) is 2. The van der Waals surface area contributed by atoms with Gasteiger partial charge < -0.3 is 19.4 Å². The molecule has 7 nitrogen and oxygen atoms in total. The Labute approximate surface area is 202 Å². The predicted octanol–water partition coefficient (Wildman–Crippen LogP) is 6.11. The van der Waals surface area contributed by atoms with Gasteiger partial charge in [0.05, 0.1) is 22.5 Å². The third-order valence-electron chi connectivity index (χ3n) is 6.61. The van der Waals surface area contributed by atoms with Crippen molar-refractivity contribution in [2.45, 2.75) is 31.0 Å². The molecule has 3 aromatic heterocycles. The molecule has 3 unspecified atom stereocenters. The lowest BCUT2D eigenvalue weighted by molar-refractivity contribution is -0.137. The molecule has 0 radical (unpaired) electrons. The number of nitrogens with zero attached hydrogens (tertiary/aromatic N) is 3. The fraction of sp³-hybridized carbons (Fsp3) is 0.192. The number of ether oxygens (including phenoxy) is 2. The number of aromatic amines is 2. The molecule has 36 heavy (non-hydrogen) atoms. The Morgan fingerprint density at radius 3 is 2.61 bits per heavy atom. The topological polar surface area (TPSA) is 88.7 Å². The Balaban J connectivity index is 1.14. The highest BCUT2D eigenvalue weighted by molar-refractivity contribution is 5.76. The van der Waals surface area contributed by atoms with Gasteiger partial charge in [0.25, 0.3) is 0 Å². The van der Waals surface area contributed by atoms with Crippen LogP contribution in [0.4, 0.5) is 13.2 Å². The van der Waals surface area contributed by atoms with Crippen molar-refractivity contribution >= 4 is 11.0 Å². The van der Waals surface area contributed by atoms with Crippen LogP contribution in [-0.2, 0) is 6.18 Å². The van der Waals surface area contributed by atoms with Crippen LogP contribution in [0.1, 0.15) is 34.5 Å². The molecule has 0 spiro atoms. The third kappa shape index (κ3) is 3.40. The quantitative estimate of drug-likeness (QED) is 0.318. The molecule has 3 atom stereocenters. The van der Waals surface area contributed by atoms with E-state index >= 15 is 0 Å². The van der Waals surface area contributed by atoms with Gasteiger partial charge in [-0.15, -0.1) is 0 Å². The van der Waals surface area contributed by atoms with Crippen LogP contribution in [0.3, 0.4) is 0 Å². The van der Waals surface area contributed by atoms with E-state index in [1.165, 1.54) is 6.07 Å². The number of aromatic nitrogens is 5. The molecule has 7 rings (SSSR count). The van der Waals surface area contributed by atoms with Gasteiger partial charge in [0, 0.05) is 35.6 Å². The minimum Gasteiger partial charge on any atom is -0.489 e. The number of hydrogen-bond donors (Lipinski definition) is 2. The lowest BCUT2D eigenvalue weighted by Crippen LogP contribution is -2.04. The van der Waals surface area contributed by atoms with Crippen molar-refractivity contribution in [3.63, 3.8) is 0 Å². The molecule has 1 aliphatic heterocycles. The van der Waals surface area contributed by atoms with Gasteiger partial charge in [-0.25, -0.2) is 9.97 Å². The van der Waals surface area contributed by atoms with Crippen LogP contribution >= 0.6 is 0 Å².